The van der Waals surface area contributed by atoms with Gasteiger partial charge in [0.15, 0.2) is 0 Å². The maximum Gasteiger partial charge on any atom is 0.221 e. The lowest BCUT2D eigenvalue weighted by Gasteiger charge is -2.04. The highest BCUT2D eigenvalue weighted by Gasteiger charge is 2.06. The highest BCUT2D eigenvalue weighted by atomic mass is 32.1. The first kappa shape index (κ1) is 16.1. The second-order valence-electron chi connectivity index (χ2n) is 5.13. The van der Waals surface area contributed by atoms with Crippen LogP contribution in [-0.2, 0) is 11.4 Å². The van der Waals surface area contributed by atoms with Gasteiger partial charge in [-0.3, -0.25) is 4.79 Å². The third-order valence-electron chi connectivity index (χ3n) is 3.23. The lowest BCUT2D eigenvalue weighted by atomic mass is 10.1. The van der Waals surface area contributed by atoms with Crippen molar-refractivity contribution in [3.05, 3.63) is 64.7 Å². The minimum atomic E-state index is -0.290. The number of nitrogens with one attached hydrogen (secondary N) is 1. The largest absolute Gasteiger partial charge is 0.486 e. The summed E-state index contributed by atoms with van der Waals surface area (Å²) in [6.45, 7) is 1.81. The number of nitrogens with zero attached hydrogens (tertiary/aromatic N) is 1. The van der Waals surface area contributed by atoms with Crippen LogP contribution in [0.1, 0.15) is 11.9 Å². The van der Waals surface area contributed by atoms with E-state index in [4.69, 9.17) is 4.74 Å². The van der Waals surface area contributed by atoms with E-state index in [0.717, 1.165) is 22.0 Å². The number of ether oxygens (including phenoxy) is 1. The van der Waals surface area contributed by atoms with E-state index < -0.39 is 0 Å². The molecule has 4 nitrogen and oxygen atoms in total. The second kappa shape index (κ2) is 7.23. The average molecular weight is 342 g/mol. The fourth-order valence-corrected chi connectivity index (χ4v) is 2.83. The molecule has 1 aromatic heterocycles. The summed E-state index contributed by atoms with van der Waals surface area (Å²) in [5.74, 6) is 0.214. The average Bonchev–Trinajstić information content (AvgIpc) is 3.03. The number of carbonyl (C=O) groups excluding carboxylic acids is 1. The van der Waals surface area contributed by atoms with Crippen molar-refractivity contribution in [2.45, 2.75) is 13.5 Å². The Morgan fingerprint density at radius 2 is 1.88 bits per heavy atom. The summed E-state index contributed by atoms with van der Waals surface area (Å²) in [6, 6.07) is 13.4. The minimum Gasteiger partial charge on any atom is -0.486 e. The van der Waals surface area contributed by atoms with Crippen LogP contribution in [0.3, 0.4) is 0 Å². The molecular weight excluding hydrogens is 327 g/mol. The van der Waals surface area contributed by atoms with E-state index in [2.05, 4.69) is 10.3 Å². The molecule has 6 heteroatoms. The molecule has 0 atom stereocenters. The molecule has 0 aliphatic rings. The molecular formula is C18H15FN2O2S. The van der Waals surface area contributed by atoms with Crippen LogP contribution in [0.2, 0.25) is 0 Å². The Kier molecular flexibility index (Phi) is 4.86. The van der Waals surface area contributed by atoms with E-state index in [0.29, 0.717) is 12.4 Å². The van der Waals surface area contributed by atoms with Gasteiger partial charge < -0.3 is 10.1 Å². The fraction of sp³-hybridized carbons (Fsp3) is 0.111. The van der Waals surface area contributed by atoms with Crippen LogP contribution in [0.4, 0.5) is 10.1 Å². The van der Waals surface area contributed by atoms with Crippen molar-refractivity contribution in [1.82, 2.24) is 4.98 Å². The van der Waals surface area contributed by atoms with Gasteiger partial charge in [-0.25, -0.2) is 9.37 Å². The Balaban J connectivity index is 1.64. The topological polar surface area (TPSA) is 51.2 Å². The monoisotopic (exact) mass is 342 g/mol. The van der Waals surface area contributed by atoms with Crippen LogP contribution < -0.4 is 10.1 Å². The van der Waals surface area contributed by atoms with Gasteiger partial charge >= 0.3 is 0 Å². The summed E-state index contributed by atoms with van der Waals surface area (Å²) in [5.41, 5.74) is 2.57. The summed E-state index contributed by atoms with van der Waals surface area (Å²) < 4.78 is 18.4. The van der Waals surface area contributed by atoms with Gasteiger partial charge in [-0.1, -0.05) is 12.1 Å². The predicted octanol–water partition coefficient (Wildman–Crippen LogP) is 4.49. The number of amides is 1. The van der Waals surface area contributed by atoms with Crippen molar-refractivity contribution in [1.29, 1.82) is 0 Å². The van der Waals surface area contributed by atoms with Gasteiger partial charge in [0, 0.05) is 23.6 Å². The molecule has 1 heterocycles. The number of halogens is 1. The number of thiazole rings is 1. The maximum atomic E-state index is 12.9. The van der Waals surface area contributed by atoms with Crippen LogP contribution in [0.25, 0.3) is 11.3 Å². The van der Waals surface area contributed by atoms with E-state index in [1.54, 1.807) is 12.1 Å². The van der Waals surface area contributed by atoms with E-state index in [-0.39, 0.29) is 11.7 Å². The maximum absolute atomic E-state index is 12.9. The van der Waals surface area contributed by atoms with Gasteiger partial charge in [-0.15, -0.1) is 11.3 Å². The standard InChI is InChI=1S/C18H15FN2O2S/c1-12(22)20-15-6-2-13(3-7-15)17-11-24-18(21-17)10-23-16-8-4-14(19)5-9-16/h2-9,11H,10H2,1H3,(H,20,22). The van der Waals surface area contributed by atoms with E-state index in [1.165, 1.54) is 30.4 Å². The van der Waals surface area contributed by atoms with Crippen LogP contribution in [0.15, 0.2) is 53.9 Å². The quantitative estimate of drug-likeness (QED) is 0.743. The first-order chi connectivity index (χ1) is 11.6. The Morgan fingerprint density at radius 3 is 2.54 bits per heavy atom. The zero-order valence-electron chi connectivity index (χ0n) is 13.0. The summed E-state index contributed by atoms with van der Waals surface area (Å²) in [7, 11) is 0. The van der Waals surface area contributed by atoms with Crippen LogP contribution in [0.5, 0.6) is 5.75 Å². The number of rotatable bonds is 5. The normalized spacial score (nSPS) is 10.4. The number of anilines is 1. The van der Waals surface area contributed by atoms with Gasteiger partial charge in [0.25, 0.3) is 0 Å². The molecule has 122 valence electrons. The minimum absolute atomic E-state index is 0.100. The second-order valence-corrected chi connectivity index (χ2v) is 6.07. The van der Waals surface area contributed by atoms with Crippen molar-refractivity contribution in [2.24, 2.45) is 0 Å². The SMILES string of the molecule is CC(=O)Nc1ccc(-c2csc(COc3ccc(F)cc3)n2)cc1. The Hall–Kier alpha value is -2.73. The number of benzene rings is 2. The van der Waals surface area contributed by atoms with Gasteiger partial charge in [0.1, 0.15) is 23.2 Å². The summed E-state index contributed by atoms with van der Waals surface area (Å²) in [4.78, 5) is 15.6. The van der Waals surface area contributed by atoms with E-state index in [9.17, 15) is 9.18 Å². The van der Waals surface area contributed by atoms with Crippen LogP contribution in [-0.4, -0.2) is 10.9 Å². The zero-order chi connectivity index (χ0) is 16.9. The zero-order valence-corrected chi connectivity index (χ0v) is 13.8. The molecule has 0 spiro atoms. The first-order valence-corrected chi connectivity index (χ1v) is 8.19. The molecule has 1 amide bonds. The molecule has 0 saturated heterocycles. The van der Waals surface area contributed by atoms with Crippen molar-refractivity contribution in [3.8, 4) is 17.0 Å². The molecule has 0 fully saturated rings. The highest BCUT2D eigenvalue weighted by molar-refractivity contribution is 7.09. The molecule has 0 radical (unpaired) electrons. The molecule has 3 aromatic rings. The fourth-order valence-electron chi connectivity index (χ4n) is 2.11. The van der Waals surface area contributed by atoms with Crippen molar-refractivity contribution in [2.75, 3.05) is 5.32 Å². The summed E-state index contributed by atoms with van der Waals surface area (Å²) in [5, 5.41) is 5.52. The van der Waals surface area contributed by atoms with Crippen molar-refractivity contribution in [3.63, 3.8) is 0 Å². The van der Waals surface area contributed by atoms with Gasteiger partial charge in [0.2, 0.25) is 5.91 Å². The molecule has 2 aromatic carbocycles. The highest BCUT2D eigenvalue weighted by Crippen LogP contribution is 2.24. The van der Waals surface area contributed by atoms with Gasteiger partial charge in [-0.05, 0) is 36.4 Å². The van der Waals surface area contributed by atoms with Crippen molar-refractivity contribution >= 4 is 22.9 Å². The number of aromatic nitrogens is 1. The molecule has 0 aliphatic carbocycles. The van der Waals surface area contributed by atoms with Crippen molar-refractivity contribution < 1.29 is 13.9 Å². The Morgan fingerprint density at radius 1 is 1.17 bits per heavy atom. The van der Waals surface area contributed by atoms with Crippen LogP contribution in [0, 0.1) is 5.82 Å². The Labute approximate surface area is 142 Å². The Bertz CT molecular complexity index is 829. The third kappa shape index (κ3) is 4.17. The molecule has 0 bridgehead atoms. The van der Waals surface area contributed by atoms with Gasteiger partial charge in [0.05, 0.1) is 5.69 Å². The summed E-state index contributed by atoms with van der Waals surface area (Å²) >= 11 is 1.50. The first-order valence-electron chi connectivity index (χ1n) is 7.31. The van der Waals surface area contributed by atoms with Gasteiger partial charge in [-0.2, -0.15) is 0 Å². The third-order valence-corrected chi connectivity index (χ3v) is 4.05. The lowest BCUT2D eigenvalue weighted by Crippen LogP contribution is -2.05. The number of hydrogen-bond donors (Lipinski definition) is 1. The summed E-state index contributed by atoms with van der Waals surface area (Å²) in [6.07, 6.45) is 0. The molecule has 0 aliphatic heterocycles. The number of carbonyl (C=O) groups is 1. The predicted molar refractivity (Wildman–Crippen MR) is 92.6 cm³/mol. The van der Waals surface area contributed by atoms with E-state index in [1.807, 2.05) is 29.6 Å². The van der Waals surface area contributed by atoms with Crippen LogP contribution >= 0.6 is 11.3 Å². The smallest absolute Gasteiger partial charge is 0.221 e. The lowest BCUT2D eigenvalue weighted by molar-refractivity contribution is -0.114. The number of hydrogen-bond acceptors (Lipinski definition) is 4. The molecule has 24 heavy (non-hydrogen) atoms. The molecule has 3 rings (SSSR count). The van der Waals surface area contributed by atoms with E-state index >= 15 is 0 Å². The molecule has 1 N–H and O–H groups in total. The molecule has 0 unspecified atom stereocenters. The molecule has 0 saturated carbocycles.